The summed E-state index contributed by atoms with van der Waals surface area (Å²) in [6, 6.07) is 0.168. The van der Waals surface area contributed by atoms with E-state index in [1.807, 2.05) is 6.92 Å². The molecule has 1 atom stereocenters. The highest BCUT2D eigenvalue weighted by Gasteiger charge is 2.17. The van der Waals surface area contributed by atoms with E-state index < -0.39 is 0 Å². The van der Waals surface area contributed by atoms with E-state index in [1.54, 1.807) is 0 Å². The normalized spacial score (nSPS) is 12.2. The minimum atomic E-state index is -0.122. The molecule has 1 rings (SSSR count). The van der Waals surface area contributed by atoms with Gasteiger partial charge in [0.2, 0.25) is 0 Å². The molecule has 0 saturated heterocycles. The fraction of sp³-hybridized carbons (Fsp3) is 0.692. The molecule has 1 aromatic rings. The molecule has 5 nitrogen and oxygen atoms in total. The zero-order valence-electron chi connectivity index (χ0n) is 12.0. The predicted molar refractivity (Wildman–Crippen MR) is 81.8 cm³/mol. The summed E-state index contributed by atoms with van der Waals surface area (Å²) in [5.41, 5.74) is 5.79. The maximum atomic E-state index is 12.1. The molecule has 0 bridgehead atoms. The lowest BCUT2D eigenvalue weighted by molar-refractivity contribution is 0.0943. The van der Waals surface area contributed by atoms with E-state index in [2.05, 4.69) is 29.5 Å². The number of carbonyl (C=O) groups is 1. The van der Waals surface area contributed by atoms with Crippen LogP contribution < -0.4 is 16.4 Å². The molecule has 19 heavy (non-hydrogen) atoms. The molecule has 0 aliphatic rings. The Morgan fingerprint density at radius 3 is 2.79 bits per heavy atom. The van der Waals surface area contributed by atoms with Gasteiger partial charge >= 0.3 is 0 Å². The number of amides is 1. The fourth-order valence-electron chi connectivity index (χ4n) is 1.67. The second kappa shape index (κ2) is 7.99. The van der Waals surface area contributed by atoms with Crippen molar-refractivity contribution < 1.29 is 4.79 Å². The van der Waals surface area contributed by atoms with Crippen molar-refractivity contribution in [2.24, 2.45) is 0 Å². The molecule has 1 amide bonds. The summed E-state index contributed by atoms with van der Waals surface area (Å²) < 4.78 is 0. The van der Waals surface area contributed by atoms with Crippen molar-refractivity contribution in [3.8, 4) is 0 Å². The van der Waals surface area contributed by atoms with Crippen molar-refractivity contribution in [3.63, 3.8) is 0 Å². The molecular formula is C13H24N4OS. The van der Waals surface area contributed by atoms with Crippen LogP contribution >= 0.6 is 11.3 Å². The van der Waals surface area contributed by atoms with Crippen LogP contribution in [-0.4, -0.2) is 23.5 Å². The van der Waals surface area contributed by atoms with E-state index in [1.165, 1.54) is 11.3 Å². The third-order valence-corrected chi connectivity index (χ3v) is 3.78. The molecule has 1 heterocycles. The minimum absolute atomic E-state index is 0.122. The van der Waals surface area contributed by atoms with Crippen LogP contribution in [0, 0.1) is 0 Å². The van der Waals surface area contributed by atoms with Crippen molar-refractivity contribution in [2.75, 3.05) is 17.6 Å². The van der Waals surface area contributed by atoms with Crippen LogP contribution in [0.25, 0.3) is 0 Å². The molecule has 0 saturated carbocycles. The van der Waals surface area contributed by atoms with Crippen LogP contribution in [-0.2, 0) is 0 Å². The van der Waals surface area contributed by atoms with Gasteiger partial charge in [0.1, 0.15) is 10.7 Å². The van der Waals surface area contributed by atoms with Gasteiger partial charge in [-0.25, -0.2) is 4.98 Å². The van der Waals surface area contributed by atoms with Gasteiger partial charge in [-0.05, 0) is 19.8 Å². The summed E-state index contributed by atoms with van der Waals surface area (Å²) in [6.07, 6.45) is 4.24. The predicted octanol–water partition coefficient (Wildman–Crippen LogP) is 2.86. The lowest BCUT2D eigenvalue weighted by Crippen LogP contribution is -2.32. The molecule has 108 valence electrons. The lowest BCUT2D eigenvalue weighted by atomic mass is 10.1. The van der Waals surface area contributed by atoms with Crippen LogP contribution in [0.15, 0.2) is 0 Å². The van der Waals surface area contributed by atoms with E-state index in [0.717, 1.165) is 32.2 Å². The number of nitrogen functional groups attached to an aromatic ring is 1. The zero-order chi connectivity index (χ0) is 14.3. The molecule has 0 aliphatic carbocycles. The molecule has 6 heteroatoms. The Labute approximate surface area is 119 Å². The van der Waals surface area contributed by atoms with Gasteiger partial charge in [0.25, 0.3) is 5.91 Å². The number of nitrogens with one attached hydrogen (secondary N) is 2. The van der Waals surface area contributed by atoms with E-state index >= 15 is 0 Å². The quantitative estimate of drug-likeness (QED) is 0.685. The van der Waals surface area contributed by atoms with Gasteiger partial charge in [-0.2, -0.15) is 0 Å². The summed E-state index contributed by atoms with van der Waals surface area (Å²) >= 11 is 1.31. The average Bonchev–Trinajstić information content (AvgIpc) is 2.75. The molecular weight excluding hydrogens is 260 g/mol. The summed E-state index contributed by atoms with van der Waals surface area (Å²) in [5, 5.41) is 6.82. The molecule has 0 radical (unpaired) electrons. The van der Waals surface area contributed by atoms with E-state index in [9.17, 15) is 4.79 Å². The third-order valence-electron chi connectivity index (χ3n) is 2.75. The summed E-state index contributed by atoms with van der Waals surface area (Å²) in [7, 11) is 0. The Kier molecular flexibility index (Phi) is 6.62. The molecule has 0 fully saturated rings. The summed E-state index contributed by atoms with van der Waals surface area (Å²) in [6.45, 7) is 7.07. The number of rotatable bonds is 8. The first-order valence-electron chi connectivity index (χ1n) is 6.89. The summed E-state index contributed by atoms with van der Waals surface area (Å²) in [4.78, 5) is 16.7. The Hall–Kier alpha value is -1.30. The third kappa shape index (κ3) is 5.06. The maximum absolute atomic E-state index is 12.1. The number of hydrogen-bond donors (Lipinski definition) is 3. The fourth-order valence-corrected chi connectivity index (χ4v) is 2.49. The molecule has 1 unspecified atom stereocenters. The number of aromatic nitrogens is 1. The van der Waals surface area contributed by atoms with Gasteiger partial charge in [-0.15, -0.1) is 0 Å². The van der Waals surface area contributed by atoms with Crippen molar-refractivity contribution in [1.82, 2.24) is 10.3 Å². The first-order valence-corrected chi connectivity index (χ1v) is 7.71. The largest absolute Gasteiger partial charge is 0.382 e. The number of nitrogens with zero attached hydrogens (tertiary/aromatic N) is 1. The topological polar surface area (TPSA) is 80.0 Å². The SMILES string of the molecule is CCCCC(C)NC(=O)c1sc(NCCC)nc1N. The number of anilines is 2. The highest BCUT2D eigenvalue weighted by Crippen LogP contribution is 2.24. The van der Waals surface area contributed by atoms with Crippen molar-refractivity contribution in [2.45, 2.75) is 52.5 Å². The first kappa shape index (κ1) is 15.8. The number of unbranched alkanes of at least 4 members (excludes halogenated alkanes) is 1. The van der Waals surface area contributed by atoms with Crippen molar-refractivity contribution in [1.29, 1.82) is 0 Å². The Morgan fingerprint density at radius 2 is 2.16 bits per heavy atom. The smallest absolute Gasteiger partial charge is 0.265 e. The molecule has 0 aliphatic heterocycles. The van der Waals surface area contributed by atoms with Crippen LogP contribution in [0.1, 0.15) is 56.1 Å². The van der Waals surface area contributed by atoms with Gasteiger partial charge in [-0.3, -0.25) is 4.79 Å². The van der Waals surface area contributed by atoms with Gasteiger partial charge in [0.15, 0.2) is 5.13 Å². The molecule has 1 aromatic heterocycles. The number of nitrogens with two attached hydrogens (primary N) is 1. The second-order valence-corrected chi connectivity index (χ2v) is 5.68. The maximum Gasteiger partial charge on any atom is 0.265 e. The Morgan fingerprint density at radius 1 is 1.42 bits per heavy atom. The van der Waals surface area contributed by atoms with Gasteiger partial charge < -0.3 is 16.4 Å². The first-order chi connectivity index (χ1) is 9.08. The van der Waals surface area contributed by atoms with E-state index in [-0.39, 0.29) is 11.9 Å². The summed E-state index contributed by atoms with van der Waals surface area (Å²) in [5.74, 6) is 0.187. The number of carbonyl (C=O) groups excluding carboxylic acids is 1. The standard InChI is InChI=1S/C13H24N4OS/c1-4-6-7-9(3)16-12(18)10-11(14)17-13(19-10)15-8-5-2/h9H,4-8,14H2,1-3H3,(H,15,17)(H,16,18). The lowest BCUT2D eigenvalue weighted by Gasteiger charge is -2.12. The number of hydrogen-bond acceptors (Lipinski definition) is 5. The van der Waals surface area contributed by atoms with Gasteiger partial charge in [0.05, 0.1) is 0 Å². The highest BCUT2D eigenvalue weighted by atomic mass is 32.1. The Bertz CT molecular complexity index is 405. The van der Waals surface area contributed by atoms with Gasteiger partial charge in [0, 0.05) is 12.6 Å². The van der Waals surface area contributed by atoms with E-state index in [4.69, 9.17) is 5.73 Å². The van der Waals surface area contributed by atoms with Crippen LogP contribution in [0.2, 0.25) is 0 Å². The number of thiazole rings is 1. The average molecular weight is 284 g/mol. The molecule has 0 spiro atoms. The van der Waals surface area contributed by atoms with Crippen LogP contribution in [0.5, 0.6) is 0 Å². The second-order valence-electron chi connectivity index (χ2n) is 4.68. The monoisotopic (exact) mass is 284 g/mol. The van der Waals surface area contributed by atoms with Crippen molar-refractivity contribution >= 4 is 28.2 Å². The molecule has 4 N–H and O–H groups in total. The molecule has 0 aromatic carbocycles. The Balaban J connectivity index is 2.58. The zero-order valence-corrected chi connectivity index (χ0v) is 12.8. The van der Waals surface area contributed by atoms with Gasteiger partial charge in [-0.1, -0.05) is 38.0 Å². The van der Waals surface area contributed by atoms with Crippen molar-refractivity contribution in [3.05, 3.63) is 4.88 Å². The van der Waals surface area contributed by atoms with Crippen LogP contribution in [0.3, 0.4) is 0 Å². The minimum Gasteiger partial charge on any atom is -0.382 e. The van der Waals surface area contributed by atoms with Crippen LogP contribution in [0.4, 0.5) is 10.9 Å². The highest BCUT2D eigenvalue weighted by molar-refractivity contribution is 7.18. The van der Waals surface area contributed by atoms with E-state index in [0.29, 0.717) is 15.8 Å².